The van der Waals surface area contributed by atoms with Crippen molar-refractivity contribution in [2.45, 2.75) is 38.7 Å². The first kappa shape index (κ1) is 16.9. The van der Waals surface area contributed by atoms with Gasteiger partial charge in [-0.3, -0.25) is 10.3 Å². The molecule has 0 amide bonds. The number of nitrogens with zero attached hydrogens (tertiary/aromatic N) is 4. The molecule has 138 valence electrons. The molecule has 1 aliphatic carbocycles. The summed E-state index contributed by atoms with van der Waals surface area (Å²) in [5.41, 5.74) is 5.93. The van der Waals surface area contributed by atoms with Crippen LogP contribution in [0.2, 0.25) is 0 Å². The SMILES string of the molecule is C=C(NOCc1nc2c3c4c(sc3ncn2n1)CCCCC4)c1cccs1. The van der Waals surface area contributed by atoms with Gasteiger partial charge in [0, 0.05) is 4.88 Å². The lowest BCUT2D eigenvalue weighted by atomic mass is 10.1. The van der Waals surface area contributed by atoms with Crippen LogP contribution in [0.3, 0.4) is 0 Å². The summed E-state index contributed by atoms with van der Waals surface area (Å²) in [4.78, 5) is 18.5. The average molecular weight is 398 g/mol. The van der Waals surface area contributed by atoms with Crippen molar-refractivity contribution in [2.24, 2.45) is 0 Å². The quantitative estimate of drug-likeness (QED) is 0.400. The number of aryl methyl sites for hydroxylation is 2. The molecule has 5 rings (SSSR count). The molecule has 4 heterocycles. The fraction of sp³-hybridized carbons (Fsp3) is 0.316. The second kappa shape index (κ2) is 7.03. The number of rotatable bonds is 5. The summed E-state index contributed by atoms with van der Waals surface area (Å²) in [5.74, 6) is 0.629. The van der Waals surface area contributed by atoms with Crippen molar-refractivity contribution in [1.29, 1.82) is 0 Å². The molecule has 6 nitrogen and oxygen atoms in total. The highest BCUT2D eigenvalue weighted by Crippen LogP contribution is 2.36. The smallest absolute Gasteiger partial charge is 0.180 e. The molecule has 8 heteroatoms. The second-order valence-electron chi connectivity index (χ2n) is 6.63. The minimum absolute atomic E-state index is 0.264. The highest BCUT2D eigenvalue weighted by molar-refractivity contribution is 7.19. The third kappa shape index (κ3) is 3.13. The summed E-state index contributed by atoms with van der Waals surface area (Å²) < 4.78 is 1.77. The summed E-state index contributed by atoms with van der Waals surface area (Å²) in [6.45, 7) is 4.25. The standard InChI is InChI=1S/C19H19N5OS2/c1-12(14-8-5-9-26-14)23-25-10-16-21-18-17-13-6-3-2-4-7-15(13)27-19(17)20-11-24(18)22-16/h5,8-9,11,23H,1-4,6-7,10H2. The normalized spacial score (nSPS) is 14.4. The molecule has 1 N–H and O–H groups in total. The molecule has 0 radical (unpaired) electrons. The molecule has 0 unspecified atom stereocenters. The fourth-order valence-electron chi connectivity index (χ4n) is 3.52. The minimum atomic E-state index is 0.264. The van der Waals surface area contributed by atoms with Crippen LogP contribution >= 0.6 is 22.7 Å². The van der Waals surface area contributed by atoms with E-state index >= 15 is 0 Å². The monoisotopic (exact) mass is 397 g/mol. The van der Waals surface area contributed by atoms with Gasteiger partial charge in [-0.1, -0.05) is 19.1 Å². The van der Waals surface area contributed by atoms with Gasteiger partial charge in [0.05, 0.1) is 16.0 Å². The van der Waals surface area contributed by atoms with Gasteiger partial charge in [-0.25, -0.2) is 14.5 Å². The van der Waals surface area contributed by atoms with Crippen LogP contribution in [0.15, 0.2) is 30.4 Å². The molecule has 0 spiro atoms. The van der Waals surface area contributed by atoms with Crippen LogP contribution in [0.25, 0.3) is 21.6 Å². The zero-order valence-electron chi connectivity index (χ0n) is 14.8. The first-order valence-electron chi connectivity index (χ1n) is 9.04. The number of fused-ring (bicyclic) bond motifs is 5. The second-order valence-corrected chi connectivity index (χ2v) is 8.66. The molecular formula is C19H19N5OS2. The molecular weight excluding hydrogens is 378 g/mol. The molecule has 0 fully saturated rings. The highest BCUT2D eigenvalue weighted by Gasteiger charge is 2.20. The number of hydroxylamine groups is 1. The van der Waals surface area contributed by atoms with E-state index in [0.29, 0.717) is 5.82 Å². The van der Waals surface area contributed by atoms with E-state index in [1.165, 1.54) is 35.1 Å². The Morgan fingerprint density at radius 2 is 2.22 bits per heavy atom. The van der Waals surface area contributed by atoms with E-state index in [9.17, 15) is 0 Å². The van der Waals surface area contributed by atoms with Gasteiger partial charge >= 0.3 is 0 Å². The molecule has 0 atom stereocenters. The fourth-order valence-corrected chi connectivity index (χ4v) is 5.39. The topological polar surface area (TPSA) is 64.3 Å². The Kier molecular flexibility index (Phi) is 4.39. The largest absolute Gasteiger partial charge is 0.268 e. The first-order chi connectivity index (χ1) is 13.3. The molecule has 0 saturated heterocycles. The van der Waals surface area contributed by atoms with Crippen molar-refractivity contribution in [3.63, 3.8) is 0 Å². The van der Waals surface area contributed by atoms with Crippen LogP contribution in [0.1, 0.15) is 40.4 Å². The molecule has 0 bridgehead atoms. The number of thiophene rings is 2. The van der Waals surface area contributed by atoms with Gasteiger partial charge in [0.15, 0.2) is 11.5 Å². The lowest BCUT2D eigenvalue weighted by molar-refractivity contribution is 0.0605. The first-order valence-corrected chi connectivity index (χ1v) is 10.7. The van der Waals surface area contributed by atoms with E-state index in [1.807, 2.05) is 28.8 Å². The van der Waals surface area contributed by atoms with Crippen LogP contribution in [0, 0.1) is 0 Å². The molecule has 27 heavy (non-hydrogen) atoms. The number of aromatic nitrogens is 4. The molecule has 4 aromatic heterocycles. The maximum atomic E-state index is 5.56. The van der Waals surface area contributed by atoms with Gasteiger partial charge in [0.2, 0.25) is 0 Å². The van der Waals surface area contributed by atoms with E-state index in [0.717, 1.165) is 33.9 Å². The van der Waals surface area contributed by atoms with Crippen molar-refractivity contribution in [1.82, 2.24) is 25.1 Å². The third-order valence-corrected chi connectivity index (χ3v) is 6.93. The van der Waals surface area contributed by atoms with Crippen LogP contribution in [0.5, 0.6) is 0 Å². The van der Waals surface area contributed by atoms with Crippen molar-refractivity contribution in [3.05, 3.63) is 51.6 Å². The van der Waals surface area contributed by atoms with Gasteiger partial charge in [0.25, 0.3) is 0 Å². The summed E-state index contributed by atoms with van der Waals surface area (Å²) in [5, 5.41) is 7.71. The number of hydrogen-bond acceptors (Lipinski definition) is 7. The Morgan fingerprint density at radius 1 is 1.30 bits per heavy atom. The minimum Gasteiger partial charge on any atom is -0.268 e. The van der Waals surface area contributed by atoms with Crippen LogP contribution in [0.4, 0.5) is 0 Å². The molecule has 4 aromatic rings. The molecule has 1 aliphatic rings. The van der Waals surface area contributed by atoms with Crippen molar-refractivity contribution in [3.8, 4) is 0 Å². The summed E-state index contributed by atoms with van der Waals surface area (Å²) in [7, 11) is 0. The lowest BCUT2D eigenvalue weighted by Gasteiger charge is -2.05. The van der Waals surface area contributed by atoms with Crippen molar-refractivity contribution >= 4 is 44.2 Å². The van der Waals surface area contributed by atoms with Gasteiger partial charge < -0.3 is 0 Å². The van der Waals surface area contributed by atoms with E-state index < -0.39 is 0 Å². The van der Waals surface area contributed by atoms with Gasteiger partial charge in [-0.2, -0.15) is 0 Å². The molecule has 0 saturated carbocycles. The maximum Gasteiger partial charge on any atom is 0.180 e. The van der Waals surface area contributed by atoms with Crippen LogP contribution in [-0.4, -0.2) is 19.6 Å². The predicted molar refractivity (Wildman–Crippen MR) is 109 cm³/mol. The highest BCUT2D eigenvalue weighted by atomic mass is 32.1. The average Bonchev–Trinajstić information content (AvgIpc) is 3.37. The Morgan fingerprint density at radius 3 is 3.11 bits per heavy atom. The van der Waals surface area contributed by atoms with Gasteiger partial charge in [0.1, 0.15) is 17.8 Å². The number of hydrogen-bond donors (Lipinski definition) is 1. The molecule has 0 aromatic carbocycles. The molecule has 0 aliphatic heterocycles. The summed E-state index contributed by atoms with van der Waals surface area (Å²) in [6.07, 6.45) is 7.81. The Balaban J connectivity index is 1.40. The number of nitrogens with one attached hydrogen (secondary N) is 1. The van der Waals surface area contributed by atoms with Gasteiger partial charge in [-0.05, 0) is 42.7 Å². The summed E-state index contributed by atoms with van der Waals surface area (Å²) >= 11 is 3.42. The van der Waals surface area contributed by atoms with E-state index in [-0.39, 0.29) is 6.61 Å². The van der Waals surface area contributed by atoms with Crippen molar-refractivity contribution in [2.75, 3.05) is 0 Å². The predicted octanol–water partition coefficient (Wildman–Crippen LogP) is 4.36. The lowest BCUT2D eigenvalue weighted by Crippen LogP contribution is -2.12. The summed E-state index contributed by atoms with van der Waals surface area (Å²) in [6, 6.07) is 3.98. The Bertz CT molecular complexity index is 1110. The Hall–Kier alpha value is -2.29. The van der Waals surface area contributed by atoms with Crippen LogP contribution in [-0.2, 0) is 24.3 Å². The zero-order chi connectivity index (χ0) is 18.2. The van der Waals surface area contributed by atoms with E-state index in [1.54, 1.807) is 22.2 Å². The Labute approximate surface area is 164 Å². The van der Waals surface area contributed by atoms with E-state index in [4.69, 9.17) is 9.82 Å². The van der Waals surface area contributed by atoms with Gasteiger partial charge in [-0.15, -0.1) is 27.8 Å². The maximum absolute atomic E-state index is 5.56. The van der Waals surface area contributed by atoms with E-state index in [2.05, 4.69) is 22.1 Å². The third-order valence-electron chi connectivity index (χ3n) is 4.80. The zero-order valence-corrected chi connectivity index (χ0v) is 16.4. The van der Waals surface area contributed by atoms with Crippen LogP contribution < -0.4 is 5.48 Å². The van der Waals surface area contributed by atoms with Crippen molar-refractivity contribution < 1.29 is 4.84 Å².